The van der Waals surface area contributed by atoms with Crippen LogP contribution >= 0.6 is 15.9 Å². The molecule has 6 heteroatoms. The first-order valence-corrected chi connectivity index (χ1v) is 9.77. The van der Waals surface area contributed by atoms with Crippen LogP contribution in [0.5, 0.6) is 0 Å². The third kappa shape index (κ3) is 6.71. The quantitative estimate of drug-likeness (QED) is 0.565. The molecule has 3 N–H and O–H groups in total. The van der Waals surface area contributed by atoms with Crippen LogP contribution in [0, 0.1) is 12.8 Å². The topological polar surface area (TPSA) is 70.2 Å². The number of rotatable bonds is 7. The van der Waals surface area contributed by atoms with Gasteiger partial charge in [-0.25, -0.2) is 0 Å². The minimum absolute atomic E-state index is 0.00197. The van der Waals surface area contributed by atoms with E-state index in [-0.39, 0.29) is 11.8 Å². The second-order valence-corrected chi connectivity index (χ2v) is 7.92. The molecule has 2 aromatic carbocycles. The molecule has 2 aromatic rings. The molecule has 2 rings (SSSR count). The van der Waals surface area contributed by atoms with Crippen molar-refractivity contribution in [3.8, 4) is 0 Å². The number of carbonyl (C=O) groups excluding carboxylic acids is 2. The number of amides is 2. The number of halogens is 1. The van der Waals surface area contributed by atoms with Crippen molar-refractivity contribution in [3.63, 3.8) is 0 Å². The van der Waals surface area contributed by atoms with E-state index >= 15 is 0 Å². The fraction of sp³-hybridized carbons (Fsp3) is 0.333. The second-order valence-electron chi connectivity index (χ2n) is 7.06. The van der Waals surface area contributed by atoms with Crippen LogP contribution in [0.1, 0.15) is 32.8 Å². The van der Waals surface area contributed by atoms with E-state index in [1.54, 1.807) is 6.92 Å². The van der Waals surface area contributed by atoms with Crippen molar-refractivity contribution >= 4 is 44.8 Å². The van der Waals surface area contributed by atoms with Crippen molar-refractivity contribution in [2.45, 2.75) is 40.2 Å². The normalized spacial score (nSPS) is 11.8. The summed E-state index contributed by atoms with van der Waals surface area (Å²) < 4.78 is 0.851. The second kappa shape index (κ2) is 9.55. The van der Waals surface area contributed by atoms with Gasteiger partial charge >= 0.3 is 0 Å². The first-order chi connectivity index (χ1) is 12.7. The fourth-order valence-electron chi connectivity index (χ4n) is 2.51. The Morgan fingerprint density at radius 3 is 2.19 bits per heavy atom. The molecule has 1 unspecified atom stereocenters. The number of hydrogen-bond acceptors (Lipinski definition) is 3. The lowest BCUT2D eigenvalue weighted by molar-refractivity contribution is -0.117. The predicted molar refractivity (Wildman–Crippen MR) is 115 cm³/mol. The zero-order chi connectivity index (χ0) is 20.0. The van der Waals surface area contributed by atoms with Crippen molar-refractivity contribution in [1.82, 2.24) is 0 Å². The van der Waals surface area contributed by atoms with Crippen molar-refractivity contribution in [2.75, 3.05) is 16.0 Å². The molecule has 0 aliphatic rings. The third-order valence-electron chi connectivity index (χ3n) is 3.92. The van der Waals surface area contributed by atoms with Crippen LogP contribution in [-0.4, -0.2) is 17.9 Å². The maximum absolute atomic E-state index is 12.4. The molecule has 0 fully saturated rings. The van der Waals surface area contributed by atoms with Crippen LogP contribution in [-0.2, 0) is 9.59 Å². The zero-order valence-corrected chi connectivity index (χ0v) is 17.7. The van der Waals surface area contributed by atoms with Crippen molar-refractivity contribution in [2.24, 2.45) is 5.92 Å². The lowest BCUT2D eigenvalue weighted by atomic mass is 10.1. The Hall–Kier alpha value is -2.34. The molecule has 2 amide bonds. The minimum atomic E-state index is -0.417. The lowest BCUT2D eigenvalue weighted by Gasteiger charge is -2.16. The number of aryl methyl sites for hydroxylation is 1. The van der Waals surface area contributed by atoms with E-state index < -0.39 is 6.04 Å². The lowest BCUT2D eigenvalue weighted by Crippen LogP contribution is -2.32. The van der Waals surface area contributed by atoms with Gasteiger partial charge < -0.3 is 16.0 Å². The highest BCUT2D eigenvalue weighted by Crippen LogP contribution is 2.24. The highest BCUT2D eigenvalue weighted by molar-refractivity contribution is 9.10. The number of carbonyl (C=O) groups is 2. The van der Waals surface area contributed by atoms with E-state index in [2.05, 4.69) is 31.9 Å². The van der Waals surface area contributed by atoms with Crippen molar-refractivity contribution in [3.05, 3.63) is 52.5 Å². The average Bonchev–Trinajstić information content (AvgIpc) is 2.58. The van der Waals surface area contributed by atoms with E-state index in [1.807, 2.05) is 63.2 Å². The average molecular weight is 432 g/mol. The molecule has 0 aliphatic heterocycles. The van der Waals surface area contributed by atoms with Crippen LogP contribution < -0.4 is 16.0 Å². The molecule has 5 nitrogen and oxygen atoms in total. The summed E-state index contributed by atoms with van der Waals surface area (Å²) in [6.45, 7) is 7.81. The molecule has 0 radical (unpaired) electrons. The van der Waals surface area contributed by atoms with E-state index in [9.17, 15) is 9.59 Å². The Morgan fingerprint density at radius 2 is 1.59 bits per heavy atom. The van der Waals surface area contributed by atoms with Gasteiger partial charge in [-0.05, 0) is 77.7 Å². The van der Waals surface area contributed by atoms with E-state index in [1.165, 1.54) is 0 Å². The standard InChI is InChI=1S/C21H26BrN3O2/c1-13(2)11-20(26)24-17-8-6-16(7-9-17)23-15(4)21(27)25-19-10-5-14(3)12-18(19)22/h5-10,12-13,15,23H,11H2,1-4H3,(H,24,26)(H,25,27). The largest absolute Gasteiger partial charge is 0.374 e. The summed E-state index contributed by atoms with van der Waals surface area (Å²) in [7, 11) is 0. The molecule has 1 atom stereocenters. The summed E-state index contributed by atoms with van der Waals surface area (Å²) in [5, 5.41) is 8.94. The Balaban J connectivity index is 1.91. The summed E-state index contributed by atoms with van der Waals surface area (Å²) in [5.74, 6) is 0.190. The molecule has 0 aliphatic carbocycles. The van der Waals surface area contributed by atoms with Crippen molar-refractivity contribution in [1.29, 1.82) is 0 Å². The van der Waals surface area contributed by atoms with Gasteiger partial charge in [0, 0.05) is 22.3 Å². The molecule has 0 spiro atoms. The van der Waals surface area contributed by atoms with E-state index in [0.717, 1.165) is 27.1 Å². The van der Waals surface area contributed by atoms with E-state index in [4.69, 9.17) is 0 Å². The highest BCUT2D eigenvalue weighted by atomic mass is 79.9. The van der Waals surface area contributed by atoms with E-state index in [0.29, 0.717) is 12.3 Å². The first kappa shape index (κ1) is 21.0. The number of anilines is 3. The summed E-state index contributed by atoms with van der Waals surface area (Å²) in [6.07, 6.45) is 0.492. The van der Waals surface area contributed by atoms with Crippen LogP contribution in [0.25, 0.3) is 0 Å². The van der Waals surface area contributed by atoms with Gasteiger partial charge in [0.2, 0.25) is 11.8 Å². The smallest absolute Gasteiger partial charge is 0.246 e. The Morgan fingerprint density at radius 1 is 0.963 bits per heavy atom. The van der Waals surface area contributed by atoms with Crippen molar-refractivity contribution < 1.29 is 9.59 Å². The van der Waals surface area contributed by atoms with Gasteiger partial charge in [-0.2, -0.15) is 0 Å². The fourth-order valence-corrected chi connectivity index (χ4v) is 3.10. The highest BCUT2D eigenvalue weighted by Gasteiger charge is 2.14. The summed E-state index contributed by atoms with van der Waals surface area (Å²) in [6, 6.07) is 12.7. The van der Waals surface area contributed by atoms with Gasteiger partial charge in [0.25, 0.3) is 0 Å². The summed E-state index contributed by atoms with van der Waals surface area (Å²) >= 11 is 3.46. The van der Waals surface area contributed by atoms with Gasteiger partial charge in [-0.3, -0.25) is 9.59 Å². The summed E-state index contributed by atoms with van der Waals surface area (Å²) in [5.41, 5.74) is 3.41. The van der Waals surface area contributed by atoms with Crippen LogP contribution in [0.15, 0.2) is 46.9 Å². The number of hydrogen-bond donors (Lipinski definition) is 3. The molecular weight excluding hydrogens is 406 g/mol. The van der Waals surface area contributed by atoms with Gasteiger partial charge in [0.1, 0.15) is 6.04 Å². The van der Waals surface area contributed by atoms with Crippen LogP contribution in [0.3, 0.4) is 0 Å². The Kier molecular flexibility index (Phi) is 7.42. The van der Waals surface area contributed by atoms with Gasteiger partial charge in [-0.15, -0.1) is 0 Å². The number of nitrogens with one attached hydrogen (secondary N) is 3. The molecule has 27 heavy (non-hydrogen) atoms. The Bertz CT molecular complexity index is 804. The molecule has 144 valence electrons. The Labute approximate surface area is 169 Å². The van der Waals surface area contributed by atoms with Gasteiger partial charge in [-0.1, -0.05) is 19.9 Å². The molecule has 0 saturated carbocycles. The van der Waals surface area contributed by atoms with Crippen LogP contribution in [0.2, 0.25) is 0 Å². The molecule has 0 aromatic heterocycles. The van der Waals surface area contributed by atoms with Gasteiger partial charge in [0.15, 0.2) is 0 Å². The monoisotopic (exact) mass is 431 g/mol. The predicted octanol–water partition coefficient (Wildman–Crippen LogP) is 5.18. The molecule has 0 heterocycles. The number of benzene rings is 2. The molecule has 0 bridgehead atoms. The first-order valence-electron chi connectivity index (χ1n) is 8.98. The maximum Gasteiger partial charge on any atom is 0.246 e. The van der Waals surface area contributed by atoms with Gasteiger partial charge in [0.05, 0.1) is 5.69 Å². The summed E-state index contributed by atoms with van der Waals surface area (Å²) in [4.78, 5) is 24.2. The molecular formula is C21H26BrN3O2. The SMILES string of the molecule is Cc1ccc(NC(=O)C(C)Nc2ccc(NC(=O)CC(C)C)cc2)c(Br)c1. The molecule has 0 saturated heterocycles. The zero-order valence-electron chi connectivity index (χ0n) is 16.1. The maximum atomic E-state index is 12.4. The minimum Gasteiger partial charge on any atom is -0.374 e. The van der Waals surface area contributed by atoms with Crippen LogP contribution in [0.4, 0.5) is 17.1 Å². The third-order valence-corrected chi connectivity index (χ3v) is 4.58.